The SMILES string of the molecule is O=C1SC(CCC(O)c2ccc(F)cc2)[C@@H](c2ccc(-c3cccc(O)c3)cc2O)N1c1ccccc1. The molecule has 37 heavy (non-hydrogen) atoms. The molecule has 7 heteroatoms. The van der Waals surface area contributed by atoms with Gasteiger partial charge in [-0.15, -0.1) is 0 Å². The van der Waals surface area contributed by atoms with Crippen molar-refractivity contribution < 1.29 is 24.5 Å². The Bertz CT molecular complexity index is 1400. The van der Waals surface area contributed by atoms with Gasteiger partial charge in [0.15, 0.2) is 0 Å². The number of rotatable bonds is 7. The Labute approximate surface area is 218 Å². The van der Waals surface area contributed by atoms with Crippen LogP contribution in [0, 0.1) is 5.82 Å². The fourth-order valence-electron chi connectivity index (χ4n) is 4.77. The maximum atomic E-state index is 13.3. The predicted molar refractivity (Wildman–Crippen MR) is 144 cm³/mol. The molecule has 0 aromatic heterocycles. The number of nitrogens with zero attached hydrogens (tertiary/aromatic N) is 1. The summed E-state index contributed by atoms with van der Waals surface area (Å²) in [7, 11) is 0. The summed E-state index contributed by atoms with van der Waals surface area (Å²) in [5.41, 5.74) is 3.45. The van der Waals surface area contributed by atoms with Gasteiger partial charge < -0.3 is 15.3 Å². The average Bonchev–Trinajstić information content (AvgIpc) is 3.23. The maximum Gasteiger partial charge on any atom is 0.287 e. The van der Waals surface area contributed by atoms with E-state index in [0.717, 1.165) is 16.8 Å². The van der Waals surface area contributed by atoms with Crippen molar-refractivity contribution in [3.8, 4) is 22.6 Å². The topological polar surface area (TPSA) is 81.0 Å². The summed E-state index contributed by atoms with van der Waals surface area (Å²) < 4.78 is 13.3. The molecule has 1 aliphatic rings. The lowest BCUT2D eigenvalue weighted by atomic mass is 9.93. The lowest BCUT2D eigenvalue weighted by molar-refractivity contribution is 0.163. The first-order chi connectivity index (χ1) is 17.9. The quantitative estimate of drug-likeness (QED) is 0.242. The Morgan fingerprint density at radius 2 is 1.59 bits per heavy atom. The van der Waals surface area contributed by atoms with E-state index in [1.54, 1.807) is 41.3 Å². The molecule has 1 aliphatic heterocycles. The number of carbonyl (C=O) groups excluding carboxylic acids is 1. The molecule has 4 aromatic carbocycles. The molecule has 0 aliphatic carbocycles. The molecule has 0 saturated carbocycles. The highest BCUT2D eigenvalue weighted by molar-refractivity contribution is 8.14. The number of para-hydroxylation sites is 1. The van der Waals surface area contributed by atoms with E-state index in [0.29, 0.717) is 24.0 Å². The predicted octanol–water partition coefficient (Wildman–Crippen LogP) is 7.20. The number of benzene rings is 4. The van der Waals surface area contributed by atoms with Crippen LogP contribution in [0.3, 0.4) is 0 Å². The number of aliphatic hydroxyl groups excluding tert-OH is 1. The van der Waals surface area contributed by atoms with Crippen LogP contribution in [0.15, 0.2) is 97.1 Å². The second-order valence-electron chi connectivity index (χ2n) is 9.04. The molecular formula is C30H26FNO4S. The molecule has 3 N–H and O–H groups in total. The van der Waals surface area contributed by atoms with Crippen molar-refractivity contribution in [3.05, 3.63) is 114 Å². The minimum absolute atomic E-state index is 0.0474. The Morgan fingerprint density at radius 1 is 0.865 bits per heavy atom. The molecule has 3 atom stereocenters. The smallest absolute Gasteiger partial charge is 0.287 e. The Balaban J connectivity index is 1.46. The molecule has 5 rings (SSSR count). The van der Waals surface area contributed by atoms with Crippen LogP contribution < -0.4 is 4.90 Å². The van der Waals surface area contributed by atoms with Gasteiger partial charge in [-0.1, -0.05) is 66.4 Å². The second-order valence-corrected chi connectivity index (χ2v) is 10.2. The summed E-state index contributed by atoms with van der Waals surface area (Å²) in [5.74, 6) is -0.184. The van der Waals surface area contributed by atoms with Crippen LogP contribution in [0.5, 0.6) is 11.5 Å². The van der Waals surface area contributed by atoms with Crippen LogP contribution in [-0.2, 0) is 0 Å². The highest BCUT2D eigenvalue weighted by Gasteiger charge is 2.43. The first-order valence-electron chi connectivity index (χ1n) is 12.0. The minimum atomic E-state index is -0.801. The van der Waals surface area contributed by atoms with Crippen molar-refractivity contribution in [2.24, 2.45) is 0 Å². The van der Waals surface area contributed by atoms with E-state index in [4.69, 9.17) is 0 Å². The summed E-state index contributed by atoms with van der Waals surface area (Å²) in [6.45, 7) is 0. The molecular weight excluding hydrogens is 489 g/mol. The van der Waals surface area contributed by atoms with Gasteiger partial charge in [-0.25, -0.2) is 4.39 Å². The number of anilines is 1. The van der Waals surface area contributed by atoms with Crippen LogP contribution in [0.2, 0.25) is 0 Å². The normalized spacial score (nSPS) is 18.2. The summed E-state index contributed by atoms with van der Waals surface area (Å²) in [6.07, 6.45) is 0.0682. The summed E-state index contributed by atoms with van der Waals surface area (Å²) in [4.78, 5) is 14.9. The third kappa shape index (κ3) is 5.33. The zero-order chi connectivity index (χ0) is 25.9. The van der Waals surface area contributed by atoms with Crippen LogP contribution in [-0.4, -0.2) is 25.8 Å². The number of phenols is 2. The first-order valence-corrected chi connectivity index (χ1v) is 12.9. The molecule has 0 radical (unpaired) electrons. The van der Waals surface area contributed by atoms with Crippen LogP contribution >= 0.6 is 11.8 Å². The van der Waals surface area contributed by atoms with E-state index in [-0.39, 0.29) is 27.8 Å². The molecule has 4 aromatic rings. The molecule has 0 spiro atoms. The van der Waals surface area contributed by atoms with Gasteiger partial charge in [-0.2, -0.15) is 0 Å². The van der Waals surface area contributed by atoms with Crippen molar-refractivity contribution in [2.45, 2.75) is 30.2 Å². The monoisotopic (exact) mass is 515 g/mol. The van der Waals surface area contributed by atoms with Gasteiger partial charge in [-0.3, -0.25) is 9.69 Å². The molecule has 1 heterocycles. The lowest BCUT2D eigenvalue weighted by Gasteiger charge is -2.29. The van der Waals surface area contributed by atoms with Gasteiger partial charge in [0, 0.05) is 16.5 Å². The van der Waals surface area contributed by atoms with E-state index >= 15 is 0 Å². The van der Waals surface area contributed by atoms with Gasteiger partial charge in [0.25, 0.3) is 5.24 Å². The van der Waals surface area contributed by atoms with Crippen molar-refractivity contribution in [1.29, 1.82) is 0 Å². The van der Waals surface area contributed by atoms with Crippen molar-refractivity contribution in [2.75, 3.05) is 4.90 Å². The van der Waals surface area contributed by atoms with Gasteiger partial charge in [-0.05, 0) is 72.0 Å². The lowest BCUT2D eigenvalue weighted by Crippen LogP contribution is -2.29. The van der Waals surface area contributed by atoms with E-state index in [2.05, 4.69) is 0 Å². The summed E-state index contributed by atoms with van der Waals surface area (Å²) >= 11 is 1.19. The number of thioether (sulfide) groups is 1. The molecule has 5 nitrogen and oxygen atoms in total. The van der Waals surface area contributed by atoms with Gasteiger partial charge in [0.05, 0.1) is 12.1 Å². The minimum Gasteiger partial charge on any atom is -0.508 e. The number of hydrogen-bond acceptors (Lipinski definition) is 5. The summed E-state index contributed by atoms with van der Waals surface area (Å²) in [6, 6.07) is 26.7. The molecule has 1 saturated heterocycles. The third-order valence-electron chi connectivity index (χ3n) is 6.62. The highest BCUT2D eigenvalue weighted by Crippen LogP contribution is 2.49. The fourth-order valence-corrected chi connectivity index (χ4v) is 6.02. The van der Waals surface area contributed by atoms with Gasteiger partial charge >= 0.3 is 0 Å². The number of aromatic hydroxyl groups is 2. The zero-order valence-electron chi connectivity index (χ0n) is 19.9. The zero-order valence-corrected chi connectivity index (χ0v) is 20.7. The van der Waals surface area contributed by atoms with Crippen molar-refractivity contribution >= 4 is 22.7 Å². The molecule has 1 amide bonds. The fraction of sp³-hybridized carbons (Fsp3) is 0.167. The van der Waals surface area contributed by atoms with Crippen molar-refractivity contribution in [3.63, 3.8) is 0 Å². The van der Waals surface area contributed by atoms with E-state index in [1.807, 2.05) is 48.5 Å². The van der Waals surface area contributed by atoms with Crippen LogP contribution in [0.25, 0.3) is 11.1 Å². The molecule has 188 valence electrons. The third-order valence-corrected chi connectivity index (χ3v) is 7.82. The van der Waals surface area contributed by atoms with Crippen molar-refractivity contribution in [1.82, 2.24) is 0 Å². The number of amides is 1. The number of carbonyl (C=O) groups is 1. The largest absolute Gasteiger partial charge is 0.508 e. The molecule has 0 bridgehead atoms. The Hall–Kier alpha value is -3.81. The summed E-state index contributed by atoms with van der Waals surface area (Å²) in [5, 5.41) is 31.3. The number of phenolic OH excluding ortho intramolecular Hbond substituents is 2. The number of hydrogen-bond donors (Lipinski definition) is 3. The second kappa shape index (κ2) is 10.7. The van der Waals surface area contributed by atoms with Crippen LogP contribution in [0.1, 0.15) is 36.1 Å². The first kappa shape index (κ1) is 24.9. The molecule has 1 fully saturated rings. The van der Waals surface area contributed by atoms with E-state index < -0.39 is 12.1 Å². The Kier molecular flexibility index (Phi) is 7.17. The standard InChI is InChI=1S/C30H26FNO4S/c31-22-12-9-19(10-13-22)26(34)15-16-28-29(32(30(36)37-28)23-6-2-1-3-7-23)25-14-11-21(18-27(25)35)20-5-4-8-24(33)17-20/h1-14,17-18,26,28-29,33-35H,15-16H2/t26?,28?,29-/m1/s1. The van der Waals surface area contributed by atoms with Gasteiger partial charge in [0.1, 0.15) is 17.3 Å². The Morgan fingerprint density at radius 3 is 2.30 bits per heavy atom. The molecule has 2 unspecified atom stereocenters. The average molecular weight is 516 g/mol. The van der Waals surface area contributed by atoms with Crippen LogP contribution in [0.4, 0.5) is 14.9 Å². The van der Waals surface area contributed by atoms with E-state index in [9.17, 15) is 24.5 Å². The number of halogens is 1. The number of aliphatic hydroxyl groups is 1. The van der Waals surface area contributed by atoms with E-state index in [1.165, 1.54) is 23.9 Å². The maximum absolute atomic E-state index is 13.3. The van der Waals surface area contributed by atoms with Gasteiger partial charge in [0.2, 0.25) is 0 Å². The highest BCUT2D eigenvalue weighted by atomic mass is 32.2.